The van der Waals surface area contributed by atoms with Gasteiger partial charge < -0.3 is 10.4 Å². The van der Waals surface area contributed by atoms with E-state index in [9.17, 15) is 9.90 Å². The second kappa shape index (κ2) is 6.93. The number of carbonyl (C=O) groups is 1. The Labute approximate surface area is 155 Å². The number of hydrogen-bond acceptors (Lipinski definition) is 5. The first kappa shape index (κ1) is 17.9. The molecule has 4 heterocycles. The summed E-state index contributed by atoms with van der Waals surface area (Å²) in [6, 6.07) is 0.605. The lowest BCUT2D eigenvalue weighted by atomic mass is 9.75. The molecule has 1 amide bonds. The molecule has 5 rings (SSSR count). The van der Waals surface area contributed by atoms with Crippen molar-refractivity contribution in [2.24, 2.45) is 11.8 Å². The van der Waals surface area contributed by atoms with E-state index in [4.69, 9.17) is 0 Å². The third-order valence-electron chi connectivity index (χ3n) is 6.49. The molecule has 4 atom stereocenters. The Bertz CT molecular complexity index is 652. The standard InChI is InChI=1S/C19H31N5O2/c1-13(2)20-18(25)16-11-23-8-5-14(16)9-15(23)10-24-12-17(21-22-24)19(26)6-3-4-7-19/h12-16,26H,3-11H2,1-2H3,(H,20,25)/t14-,15+,16+/m0/s1. The van der Waals surface area contributed by atoms with Crippen LogP contribution in [-0.2, 0) is 16.9 Å². The molecular weight excluding hydrogens is 330 g/mol. The summed E-state index contributed by atoms with van der Waals surface area (Å²) < 4.78 is 1.89. The smallest absolute Gasteiger partial charge is 0.224 e. The lowest BCUT2D eigenvalue weighted by Crippen LogP contribution is -2.58. The van der Waals surface area contributed by atoms with E-state index in [1.54, 1.807) is 0 Å². The van der Waals surface area contributed by atoms with E-state index in [2.05, 4.69) is 20.5 Å². The van der Waals surface area contributed by atoms with Crippen molar-refractivity contribution < 1.29 is 9.90 Å². The number of carbonyl (C=O) groups excluding carboxylic acids is 1. The molecule has 4 aliphatic rings. The zero-order chi connectivity index (χ0) is 18.3. The second-order valence-electron chi connectivity index (χ2n) is 8.77. The molecule has 0 spiro atoms. The van der Waals surface area contributed by atoms with Gasteiger partial charge in [-0.2, -0.15) is 0 Å². The molecule has 2 N–H and O–H groups in total. The largest absolute Gasteiger partial charge is 0.383 e. The summed E-state index contributed by atoms with van der Waals surface area (Å²) in [4.78, 5) is 14.9. The normalized spacial score (nSPS) is 32.9. The SMILES string of the molecule is CC(C)NC(=O)[C@@H]1CN2CC[C@H]1C[C@@H]2Cn1cc(C2(O)CCCC2)nn1. The van der Waals surface area contributed by atoms with Gasteiger partial charge in [0.1, 0.15) is 11.3 Å². The van der Waals surface area contributed by atoms with Gasteiger partial charge in [-0.05, 0) is 52.0 Å². The molecule has 3 aliphatic heterocycles. The Hall–Kier alpha value is -1.47. The molecule has 144 valence electrons. The third kappa shape index (κ3) is 3.39. The summed E-state index contributed by atoms with van der Waals surface area (Å²) in [7, 11) is 0. The number of fused-ring (bicyclic) bond motifs is 3. The van der Waals surface area contributed by atoms with Gasteiger partial charge >= 0.3 is 0 Å². The van der Waals surface area contributed by atoms with Gasteiger partial charge in [0.05, 0.1) is 18.7 Å². The lowest BCUT2D eigenvalue weighted by molar-refractivity contribution is -0.133. The highest BCUT2D eigenvalue weighted by Gasteiger charge is 2.43. The van der Waals surface area contributed by atoms with Crippen LogP contribution >= 0.6 is 0 Å². The summed E-state index contributed by atoms with van der Waals surface area (Å²) >= 11 is 0. The van der Waals surface area contributed by atoms with Gasteiger partial charge in [0.15, 0.2) is 0 Å². The summed E-state index contributed by atoms with van der Waals surface area (Å²) in [6.45, 7) is 6.73. The van der Waals surface area contributed by atoms with E-state index in [1.165, 1.54) is 0 Å². The minimum absolute atomic E-state index is 0.118. The summed E-state index contributed by atoms with van der Waals surface area (Å²) in [6.07, 6.45) is 7.76. The Morgan fingerprint density at radius 1 is 1.42 bits per heavy atom. The molecule has 7 heteroatoms. The van der Waals surface area contributed by atoms with Crippen molar-refractivity contribution in [3.63, 3.8) is 0 Å². The van der Waals surface area contributed by atoms with Crippen molar-refractivity contribution in [2.75, 3.05) is 13.1 Å². The third-order valence-corrected chi connectivity index (χ3v) is 6.49. The molecule has 0 aromatic carbocycles. The molecule has 1 unspecified atom stereocenters. The van der Waals surface area contributed by atoms with Gasteiger partial charge in [-0.1, -0.05) is 18.1 Å². The fraction of sp³-hybridized carbons (Fsp3) is 0.842. The maximum atomic E-state index is 12.5. The van der Waals surface area contributed by atoms with Crippen LogP contribution in [0.2, 0.25) is 0 Å². The van der Waals surface area contributed by atoms with E-state index < -0.39 is 5.60 Å². The molecular formula is C19H31N5O2. The average Bonchev–Trinajstić information content (AvgIpc) is 3.25. The number of hydrogen-bond donors (Lipinski definition) is 2. The van der Waals surface area contributed by atoms with E-state index in [1.807, 2.05) is 24.7 Å². The Morgan fingerprint density at radius 3 is 2.85 bits per heavy atom. The summed E-state index contributed by atoms with van der Waals surface area (Å²) in [5, 5.41) is 22.3. The zero-order valence-corrected chi connectivity index (χ0v) is 15.9. The molecule has 1 saturated carbocycles. The van der Waals surface area contributed by atoms with E-state index >= 15 is 0 Å². The van der Waals surface area contributed by atoms with E-state index in [0.717, 1.165) is 63.9 Å². The second-order valence-corrected chi connectivity index (χ2v) is 8.77. The van der Waals surface area contributed by atoms with Crippen molar-refractivity contribution in [2.45, 2.75) is 76.6 Å². The fourth-order valence-electron chi connectivity index (χ4n) is 5.05. The van der Waals surface area contributed by atoms with Gasteiger partial charge in [0, 0.05) is 18.6 Å². The zero-order valence-electron chi connectivity index (χ0n) is 15.9. The molecule has 0 radical (unpaired) electrons. The quantitative estimate of drug-likeness (QED) is 0.825. The number of nitrogens with zero attached hydrogens (tertiary/aromatic N) is 4. The number of piperidine rings is 3. The van der Waals surface area contributed by atoms with Gasteiger partial charge in [-0.25, -0.2) is 0 Å². The van der Waals surface area contributed by atoms with Gasteiger partial charge in [-0.3, -0.25) is 14.4 Å². The molecule has 1 aliphatic carbocycles. The maximum Gasteiger partial charge on any atom is 0.224 e. The number of amides is 1. The van der Waals surface area contributed by atoms with Crippen molar-refractivity contribution in [1.82, 2.24) is 25.2 Å². The molecule has 7 nitrogen and oxygen atoms in total. The van der Waals surface area contributed by atoms with Crippen LogP contribution in [0.15, 0.2) is 6.20 Å². The average molecular weight is 361 g/mol. The molecule has 4 fully saturated rings. The molecule has 2 bridgehead atoms. The Balaban J connectivity index is 1.39. The van der Waals surface area contributed by atoms with Crippen LogP contribution in [0.5, 0.6) is 0 Å². The predicted octanol–water partition coefficient (Wildman–Crippen LogP) is 1.27. The topological polar surface area (TPSA) is 83.3 Å². The highest BCUT2D eigenvalue weighted by Crippen LogP contribution is 2.38. The Kier molecular flexibility index (Phi) is 4.77. The minimum Gasteiger partial charge on any atom is -0.383 e. The van der Waals surface area contributed by atoms with Crippen LogP contribution in [-0.4, -0.2) is 56.1 Å². The van der Waals surface area contributed by atoms with Crippen LogP contribution in [0.1, 0.15) is 58.1 Å². The molecule has 1 aromatic heterocycles. The van der Waals surface area contributed by atoms with Crippen LogP contribution < -0.4 is 5.32 Å². The van der Waals surface area contributed by atoms with Crippen molar-refractivity contribution in [3.05, 3.63) is 11.9 Å². The summed E-state index contributed by atoms with van der Waals surface area (Å²) in [5.74, 6) is 0.790. The van der Waals surface area contributed by atoms with E-state index in [0.29, 0.717) is 12.0 Å². The van der Waals surface area contributed by atoms with E-state index in [-0.39, 0.29) is 17.9 Å². The first-order chi connectivity index (χ1) is 12.4. The fourth-order valence-corrected chi connectivity index (χ4v) is 5.05. The van der Waals surface area contributed by atoms with Crippen LogP contribution in [0, 0.1) is 11.8 Å². The molecule has 1 aromatic rings. The van der Waals surface area contributed by atoms with Crippen molar-refractivity contribution in [3.8, 4) is 0 Å². The number of rotatable bonds is 5. The number of aromatic nitrogens is 3. The van der Waals surface area contributed by atoms with Gasteiger partial charge in [-0.15, -0.1) is 5.10 Å². The van der Waals surface area contributed by atoms with Crippen LogP contribution in [0.25, 0.3) is 0 Å². The molecule has 3 saturated heterocycles. The minimum atomic E-state index is -0.774. The number of nitrogens with one attached hydrogen (secondary N) is 1. The van der Waals surface area contributed by atoms with Gasteiger partial charge in [0.25, 0.3) is 0 Å². The first-order valence-corrected chi connectivity index (χ1v) is 10.1. The Morgan fingerprint density at radius 2 is 2.19 bits per heavy atom. The monoisotopic (exact) mass is 361 g/mol. The highest BCUT2D eigenvalue weighted by atomic mass is 16.3. The first-order valence-electron chi connectivity index (χ1n) is 10.1. The summed E-state index contributed by atoms with van der Waals surface area (Å²) in [5.41, 5.74) is -0.0513. The maximum absolute atomic E-state index is 12.5. The predicted molar refractivity (Wildman–Crippen MR) is 97.2 cm³/mol. The van der Waals surface area contributed by atoms with Crippen LogP contribution in [0.4, 0.5) is 0 Å². The highest BCUT2D eigenvalue weighted by molar-refractivity contribution is 5.79. The number of aliphatic hydroxyl groups is 1. The van der Waals surface area contributed by atoms with Crippen molar-refractivity contribution in [1.29, 1.82) is 0 Å². The van der Waals surface area contributed by atoms with Crippen LogP contribution in [0.3, 0.4) is 0 Å². The van der Waals surface area contributed by atoms with Crippen molar-refractivity contribution >= 4 is 5.91 Å². The molecule has 26 heavy (non-hydrogen) atoms. The van der Waals surface area contributed by atoms with Gasteiger partial charge in [0.2, 0.25) is 5.91 Å². The lowest BCUT2D eigenvalue weighted by Gasteiger charge is -2.49.